The standard InChI is InChI=1S/C19H35N3OS/c1-20-17(21-15-18(7-6-8-18)11-13-23-2)22-12-14-24-19(16-22)9-4-3-5-10-19/h3-16H2,1-2H3,(H,20,21). The summed E-state index contributed by atoms with van der Waals surface area (Å²) >= 11 is 2.23. The molecule has 0 atom stereocenters. The number of methoxy groups -OCH3 is 1. The van der Waals surface area contributed by atoms with E-state index in [9.17, 15) is 0 Å². The van der Waals surface area contributed by atoms with Crippen LogP contribution in [-0.2, 0) is 4.74 Å². The molecule has 4 nitrogen and oxygen atoms in total. The Morgan fingerprint density at radius 3 is 2.58 bits per heavy atom. The molecule has 0 bridgehead atoms. The smallest absolute Gasteiger partial charge is 0.193 e. The van der Waals surface area contributed by atoms with Crippen LogP contribution in [0, 0.1) is 5.41 Å². The summed E-state index contributed by atoms with van der Waals surface area (Å²) in [7, 11) is 3.76. The van der Waals surface area contributed by atoms with Crippen LogP contribution in [0.2, 0.25) is 0 Å². The van der Waals surface area contributed by atoms with E-state index in [1.165, 1.54) is 70.1 Å². The molecule has 0 unspecified atom stereocenters. The van der Waals surface area contributed by atoms with Gasteiger partial charge >= 0.3 is 0 Å². The molecule has 0 aromatic carbocycles. The Kier molecular flexibility index (Phi) is 6.36. The maximum atomic E-state index is 5.33. The molecular formula is C19H35N3OS. The van der Waals surface area contributed by atoms with Gasteiger partial charge in [-0.1, -0.05) is 25.7 Å². The topological polar surface area (TPSA) is 36.9 Å². The molecule has 3 aliphatic rings. The van der Waals surface area contributed by atoms with Crippen molar-refractivity contribution >= 4 is 17.7 Å². The lowest BCUT2D eigenvalue weighted by Gasteiger charge is -2.47. The zero-order valence-electron chi connectivity index (χ0n) is 15.6. The minimum atomic E-state index is 0.443. The van der Waals surface area contributed by atoms with Gasteiger partial charge in [0.05, 0.1) is 0 Å². The molecule has 24 heavy (non-hydrogen) atoms. The van der Waals surface area contributed by atoms with E-state index in [0.717, 1.165) is 25.7 Å². The summed E-state index contributed by atoms with van der Waals surface area (Å²) in [5, 5.41) is 3.72. The number of ether oxygens (including phenoxy) is 1. The average molecular weight is 354 g/mol. The van der Waals surface area contributed by atoms with Gasteiger partial charge in [0.15, 0.2) is 5.96 Å². The van der Waals surface area contributed by atoms with Gasteiger partial charge in [-0.25, -0.2) is 0 Å². The van der Waals surface area contributed by atoms with Gasteiger partial charge in [-0.3, -0.25) is 4.99 Å². The summed E-state index contributed by atoms with van der Waals surface area (Å²) in [6.45, 7) is 4.25. The van der Waals surface area contributed by atoms with Gasteiger partial charge in [0.1, 0.15) is 0 Å². The van der Waals surface area contributed by atoms with Crippen LogP contribution in [0.3, 0.4) is 0 Å². The van der Waals surface area contributed by atoms with Crippen molar-refractivity contribution in [2.75, 3.05) is 46.2 Å². The van der Waals surface area contributed by atoms with Crippen LogP contribution in [-0.4, -0.2) is 61.8 Å². The zero-order valence-corrected chi connectivity index (χ0v) is 16.4. The molecule has 1 aliphatic heterocycles. The van der Waals surface area contributed by atoms with E-state index in [1.807, 2.05) is 14.2 Å². The summed E-state index contributed by atoms with van der Waals surface area (Å²) in [6, 6.07) is 0. The highest BCUT2D eigenvalue weighted by Crippen LogP contribution is 2.44. The van der Waals surface area contributed by atoms with Crippen LogP contribution in [0.15, 0.2) is 4.99 Å². The van der Waals surface area contributed by atoms with Gasteiger partial charge in [-0.05, 0) is 37.5 Å². The number of nitrogens with zero attached hydrogens (tertiary/aromatic N) is 2. The van der Waals surface area contributed by atoms with Crippen LogP contribution < -0.4 is 5.32 Å². The largest absolute Gasteiger partial charge is 0.385 e. The fourth-order valence-corrected chi connectivity index (χ4v) is 6.20. The van der Waals surface area contributed by atoms with Gasteiger partial charge in [0.25, 0.3) is 0 Å². The highest BCUT2D eigenvalue weighted by molar-refractivity contribution is 8.00. The van der Waals surface area contributed by atoms with Gasteiger partial charge in [-0.15, -0.1) is 0 Å². The van der Waals surface area contributed by atoms with Crippen LogP contribution in [0.4, 0.5) is 0 Å². The van der Waals surface area contributed by atoms with Gasteiger partial charge in [0, 0.05) is 50.9 Å². The predicted molar refractivity (Wildman–Crippen MR) is 104 cm³/mol. The lowest BCUT2D eigenvalue weighted by molar-refractivity contribution is 0.0725. The van der Waals surface area contributed by atoms with Crippen LogP contribution >= 0.6 is 11.8 Å². The Balaban J connectivity index is 1.55. The summed E-state index contributed by atoms with van der Waals surface area (Å²) < 4.78 is 5.83. The number of rotatable bonds is 5. The minimum Gasteiger partial charge on any atom is -0.385 e. The molecule has 0 aromatic heterocycles. The number of hydrogen-bond donors (Lipinski definition) is 1. The first-order chi connectivity index (χ1) is 11.7. The first-order valence-electron chi connectivity index (χ1n) is 9.80. The lowest BCUT2D eigenvalue weighted by atomic mass is 9.67. The molecule has 2 aliphatic carbocycles. The number of hydrogen-bond acceptors (Lipinski definition) is 3. The highest BCUT2D eigenvalue weighted by atomic mass is 32.2. The van der Waals surface area contributed by atoms with Crippen molar-refractivity contribution in [2.45, 2.75) is 62.5 Å². The Morgan fingerprint density at radius 2 is 1.96 bits per heavy atom. The summed E-state index contributed by atoms with van der Waals surface area (Å²) in [5.74, 6) is 2.37. The summed E-state index contributed by atoms with van der Waals surface area (Å²) in [4.78, 5) is 7.15. The second-order valence-corrected chi connectivity index (χ2v) is 9.57. The maximum absolute atomic E-state index is 5.33. The van der Waals surface area contributed by atoms with E-state index in [-0.39, 0.29) is 0 Å². The molecule has 2 saturated carbocycles. The number of thioether (sulfide) groups is 1. The van der Waals surface area contributed by atoms with Crippen LogP contribution in [0.25, 0.3) is 0 Å². The molecule has 0 radical (unpaired) electrons. The average Bonchev–Trinajstić information content (AvgIpc) is 2.57. The summed E-state index contributed by atoms with van der Waals surface area (Å²) in [5.41, 5.74) is 0.443. The molecule has 1 N–H and O–H groups in total. The lowest BCUT2D eigenvalue weighted by Crippen LogP contribution is -2.55. The third-order valence-corrected chi connectivity index (χ3v) is 7.93. The molecule has 0 amide bonds. The molecule has 3 fully saturated rings. The van der Waals surface area contributed by atoms with E-state index < -0.39 is 0 Å². The second-order valence-electron chi connectivity index (χ2n) is 8.01. The third-order valence-electron chi connectivity index (χ3n) is 6.40. The van der Waals surface area contributed by atoms with Crippen molar-refractivity contribution in [3.05, 3.63) is 0 Å². The van der Waals surface area contributed by atoms with Crippen molar-refractivity contribution in [1.29, 1.82) is 0 Å². The molecular weight excluding hydrogens is 318 g/mol. The fraction of sp³-hybridized carbons (Fsp3) is 0.947. The SMILES string of the molecule is CN=C(NCC1(CCOC)CCC1)N1CCSC2(CCCCC2)C1. The molecule has 5 heteroatoms. The Bertz CT molecular complexity index is 425. The van der Waals surface area contributed by atoms with Crippen molar-refractivity contribution in [3.8, 4) is 0 Å². The molecule has 1 saturated heterocycles. The Labute approximate surface area is 152 Å². The molecule has 1 spiro atoms. The second kappa shape index (κ2) is 8.31. The van der Waals surface area contributed by atoms with E-state index in [1.54, 1.807) is 0 Å². The van der Waals surface area contributed by atoms with E-state index in [2.05, 4.69) is 27.0 Å². The number of nitrogens with one attached hydrogen (secondary N) is 1. The Morgan fingerprint density at radius 1 is 1.17 bits per heavy atom. The van der Waals surface area contributed by atoms with Crippen molar-refractivity contribution in [3.63, 3.8) is 0 Å². The normalized spacial score (nSPS) is 26.2. The van der Waals surface area contributed by atoms with Crippen molar-refractivity contribution < 1.29 is 4.74 Å². The number of guanidine groups is 1. The maximum Gasteiger partial charge on any atom is 0.193 e. The quantitative estimate of drug-likeness (QED) is 0.606. The van der Waals surface area contributed by atoms with E-state index >= 15 is 0 Å². The fourth-order valence-electron chi connectivity index (χ4n) is 4.63. The molecule has 3 rings (SSSR count). The molecule has 138 valence electrons. The summed E-state index contributed by atoms with van der Waals surface area (Å²) in [6.07, 6.45) is 12.2. The van der Waals surface area contributed by atoms with E-state index in [4.69, 9.17) is 4.74 Å². The van der Waals surface area contributed by atoms with Crippen LogP contribution in [0.5, 0.6) is 0 Å². The van der Waals surface area contributed by atoms with Crippen molar-refractivity contribution in [2.24, 2.45) is 10.4 Å². The van der Waals surface area contributed by atoms with Crippen LogP contribution in [0.1, 0.15) is 57.8 Å². The van der Waals surface area contributed by atoms with Gasteiger partial charge in [0.2, 0.25) is 0 Å². The Hall–Kier alpha value is -0.420. The molecule has 1 heterocycles. The predicted octanol–water partition coefficient (Wildman–Crippen LogP) is 3.52. The van der Waals surface area contributed by atoms with Gasteiger partial charge < -0.3 is 15.0 Å². The minimum absolute atomic E-state index is 0.443. The van der Waals surface area contributed by atoms with Gasteiger partial charge in [-0.2, -0.15) is 11.8 Å². The first-order valence-corrected chi connectivity index (χ1v) is 10.8. The first kappa shape index (κ1) is 18.4. The number of aliphatic imine (C=N–C) groups is 1. The monoisotopic (exact) mass is 353 g/mol. The van der Waals surface area contributed by atoms with E-state index in [0.29, 0.717) is 10.2 Å². The molecule has 0 aromatic rings. The highest BCUT2D eigenvalue weighted by Gasteiger charge is 2.40. The van der Waals surface area contributed by atoms with Crippen molar-refractivity contribution in [1.82, 2.24) is 10.2 Å². The third kappa shape index (κ3) is 4.21. The zero-order chi connectivity index (χ0) is 16.9.